The van der Waals surface area contributed by atoms with Crippen molar-refractivity contribution in [1.82, 2.24) is 10.4 Å². The number of benzene rings is 2. The van der Waals surface area contributed by atoms with Crippen LogP contribution in [0, 0.1) is 10.1 Å². The van der Waals surface area contributed by atoms with Crippen LogP contribution in [0.5, 0.6) is 11.5 Å². The average Bonchev–Trinajstić information content (AvgIpc) is 2.96. The molecule has 1 aliphatic rings. The van der Waals surface area contributed by atoms with Gasteiger partial charge in [0.2, 0.25) is 0 Å². The molecule has 9 nitrogen and oxygen atoms in total. The number of nitrogens with one attached hydrogen (secondary N) is 1. The summed E-state index contributed by atoms with van der Waals surface area (Å²) >= 11 is 6.04. The van der Waals surface area contributed by atoms with E-state index in [0.29, 0.717) is 5.75 Å². The van der Waals surface area contributed by atoms with E-state index >= 15 is 0 Å². The van der Waals surface area contributed by atoms with Crippen LogP contribution in [0.2, 0.25) is 0 Å². The average molecular weight is 431 g/mol. The summed E-state index contributed by atoms with van der Waals surface area (Å²) in [5.74, 6) is -1.14. The lowest BCUT2D eigenvalue weighted by Crippen LogP contribution is -2.44. The fourth-order valence-electron chi connectivity index (χ4n) is 2.47. The van der Waals surface area contributed by atoms with Crippen molar-refractivity contribution in [2.45, 2.75) is 0 Å². The Morgan fingerprint density at radius 2 is 2.07 bits per heavy atom. The lowest BCUT2D eigenvalue weighted by molar-refractivity contribution is -0.384. The van der Waals surface area contributed by atoms with Crippen LogP contribution in [0.25, 0.3) is 6.08 Å². The zero-order valence-corrected chi connectivity index (χ0v) is 16.5. The minimum Gasteiger partial charge on any atom is -0.507 e. The van der Waals surface area contributed by atoms with Crippen LogP contribution in [0.4, 0.5) is 5.69 Å². The normalized spacial score (nSPS) is 14.9. The van der Waals surface area contributed by atoms with Gasteiger partial charge in [0.1, 0.15) is 11.5 Å². The summed E-state index contributed by atoms with van der Waals surface area (Å²) in [6.07, 6.45) is 1.27. The summed E-state index contributed by atoms with van der Waals surface area (Å²) in [5, 5.41) is 21.7. The molecule has 2 amide bonds. The zero-order valence-electron chi connectivity index (χ0n) is 14.8. The Morgan fingerprint density at radius 3 is 2.76 bits per heavy atom. The molecular formula is C18H13N3O6S2. The number of para-hydroxylation sites is 1. The number of aromatic hydroxyl groups is 1. The van der Waals surface area contributed by atoms with Crippen LogP contribution >= 0.6 is 24.0 Å². The monoisotopic (exact) mass is 431 g/mol. The quantitative estimate of drug-likeness (QED) is 0.321. The predicted molar refractivity (Wildman–Crippen MR) is 110 cm³/mol. The minimum atomic E-state index is -0.630. The molecule has 0 aromatic heterocycles. The Bertz CT molecular complexity index is 1070. The van der Waals surface area contributed by atoms with E-state index in [2.05, 4.69) is 5.43 Å². The van der Waals surface area contributed by atoms with Gasteiger partial charge in [0.05, 0.1) is 22.5 Å². The van der Waals surface area contributed by atoms with Gasteiger partial charge in [0, 0.05) is 17.7 Å². The van der Waals surface area contributed by atoms with Crippen LogP contribution in [0.1, 0.15) is 15.9 Å². The van der Waals surface area contributed by atoms with E-state index in [1.807, 2.05) is 0 Å². The molecule has 0 spiro atoms. The molecule has 2 aromatic carbocycles. The lowest BCUT2D eigenvalue weighted by Gasteiger charge is -2.16. The molecule has 0 atom stereocenters. The van der Waals surface area contributed by atoms with Crippen LogP contribution in [-0.4, -0.2) is 38.3 Å². The highest BCUT2D eigenvalue weighted by Gasteiger charge is 2.34. The molecule has 1 aliphatic heterocycles. The van der Waals surface area contributed by atoms with Crippen molar-refractivity contribution in [3.63, 3.8) is 0 Å². The molecule has 2 aromatic rings. The Hall–Kier alpha value is -3.44. The number of nitro benzene ring substituents is 1. The SMILES string of the molecule is COc1ccccc1C(=O)NN1C(=O)/C(=C\c2cc([N+](=O)[O-])ccc2O)SC1=S. The number of methoxy groups -OCH3 is 1. The largest absolute Gasteiger partial charge is 0.507 e. The maximum Gasteiger partial charge on any atom is 0.285 e. The van der Waals surface area contributed by atoms with Gasteiger partial charge in [-0.2, -0.15) is 5.01 Å². The van der Waals surface area contributed by atoms with Crippen molar-refractivity contribution in [2.75, 3.05) is 7.11 Å². The Balaban J connectivity index is 1.85. The maximum atomic E-state index is 12.7. The number of phenolic OH excluding ortho intramolecular Hbond substituents is 1. The van der Waals surface area contributed by atoms with Gasteiger partial charge < -0.3 is 9.84 Å². The second-order valence-electron chi connectivity index (χ2n) is 5.66. The summed E-state index contributed by atoms with van der Waals surface area (Å²) < 4.78 is 5.20. The topological polar surface area (TPSA) is 122 Å². The number of hydrazine groups is 1. The summed E-state index contributed by atoms with van der Waals surface area (Å²) in [4.78, 5) is 35.6. The van der Waals surface area contributed by atoms with Gasteiger partial charge in [0.25, 0.3) is 17.5 Å². The van der Waals surface area contributed by atoms with Crippen molar-refractivity contribution in [2.24, 2.45) is 0 Å². The van der Waals surface area contributed by atoms with Crippen molar-refractivity contribution >= 4 is 51.9 Å². The van der Waals surface area contributed by atoms with E-state index in [1.165, 1.54) is 19.3 Å². The van der Waals surface area contributed by atoms with Gasteiger partial charge in [-0.15, -0.1) is 0 Å². The van der Waals surface area contributed by atoms with Crippen molar-refractivity contribution in [1.29, 1.82) is 0 Å². The zero-order chi connectivity index (χ0) is 21.1. The van der Waals surface area contributed by atoms with E-state index in [-0.39, 0.29) is 31.8 Å². The molecule has 11 heteroatoms. The van der Waals surface area contributed by atoms with E-state index in [0.717, 1.165) is 35.0 Å². The van der Waals surface area contributed by atoms with Crippen molar-refractivity contribution in [3.05, 3.63) is 68.6 Å². The second-order valence-corrected chi connectivity index (χ2v) is 7.33. The Kier molecular flexibility index (Phi) is 5.80. The number of phenols is 1. The molecule has 0 radical (unpaired) electrons. The van der Waals surface area contributed by atoms with Crippen molar-refractivity contribution < 1.29 is 24.4 Å². The molecule has 0 unspecified atom stereocenters. The van der Waals surface area contributed by atoms with E-state index in [9.17, 15) is 24.8 Å². The number of thioether (sulfide) groups is 1. The number of hydrogen-bond acceptors (Lipinski definition) is 8. The van der Waals surface area contributed by atoms with Gasteiger partial charge in [-0.25, -0.2) is 0 Å². The molecule has 1 heterocycles. The van der Waals surface area contributed by atoms with Gasteiger partial charge in [-0.1, -0.05) is 23.9 Å². The first-order chi connectivity index (χ1) is 13.8. The molecule has 2 N–H and O–H groups in total. The van der Waals surface area contributed by atoms with E-state index in [4.69, 9.17) is 17.0 Å². The molecule has 1 fully saturated rings. The van der Waals surface area contributed by atoms with Gasteiger partial charge in [-0.05, 0) is 36.5 Å². The molecular weight excluding hydrogens is 418 g/mol. The number of hydrogen-bond donors (Lipinski definition) is 2. The number of non-ortho nitro benzene ring substituents is 1. The fraction of sp³-hybridized carbons (Fsp3) is 0.0556. The lowest BCUT2D eigenvalue weighted by atomic mass is 10.1. The van der Waals surface area contributed by atoms with Crippen LogP contribution in [0.15, 0.2) is 47.4 Å². The Labute approximate surface area is 174 Å². The first-order valence-corrected chi connectivity index (χ1v) is 9.23. The first-order valence-electron chi connectivity index (χ1n) is 8.01. The van der Waals surface area contributed by atoms with Gasteiger partial charge >= 0.3 is 0 Å². The number of carbonyl (C=O) groups excluding carboxylic acids is 2. The number of rotatable bonds is 5. The smallest absolute Gasteiger partial charge is 0.285 e. The van der Waals surface area contributed by atoms with Gasteiger partial charge in [-0.3, -0.25) is 25.1 Å². The number of carbonyl (C=O) groups is 2. The van der Waals surface area contributed by atoms with E-state index < -0.39 is 16.7 Å². The summed E-state index contributed by atoms with van der Waals surface area (Å²) in [5.41, 5.74) is 2.47. The number of amides is 2. The van der Waals surface area contributed by atoms with Crippen molar-refractivity contribution in [3.8, 4) is 11.5 Å². The molecule has 0 aliphatic carbocycles. The van der Waals surface area contributed by atoms with Crippen LogP contribution in [0.3, 0.4) is 0 Å². The van der Waals surface area contributed by atoms with Crippen LogP contribution in [-0.2, 0) is 4.79 Å². The summed E-state index contributed by atoms with van der Waals surface area (Å²) in [6, 6.07) is 9.91. The highest BCUT2D eigenvalue weighted by atomic mass is 32.2. The Morgan fingerprint density at radius 1 is 1.34 bits per heavy atom. The van der Waals surface area contributed by atoms with Crippen LogP contribution < -0.4 is 10.2 Å². The fourth-order valence-corrected chi connectivity index (χ4v) is 3.64. The third-order valence-electron chi connectivity index (χ3n) is 3.87. The predicted octanol–water partition coefficient (Wildman–Crippen LogP) is 2.86. The van der Waals surface area contributed by atoms with E-state index in [1.54, 1.807) is 18.2 Å². The minimum absolute atomic E-state index is 0.0643. The molecule has 1 saturated heterocycles. The highest BCUT2D eigenvalue weighted by Crippen LogP contribution is 2.34. The van der Waals surface area contributed by atoms with Gasteiger partial charge in [0.15, 0.2) is 4.32 Å². The second kappa shape index (κ2) is 8.29. The third kappa shape index (κ3) is 4.20. The number of nitrogens with zero attached hydrogens (tertiary/aromatic N) is 2. The molecule has 29 heavy (non-hydrogen) atoms. The summed E-state index contributed by atoms with van der Waals surface area (Å²) in [7, 11) is 1.42. The highest BCUT2D eigenvalue weighted by molar-refractivity contribution is 8.26. The third-order valence-corrected chi connectivity index (χ3v) is 5.17. The summed E-state index contributed by atoms with van der Waals surface area (Å²) in [6.45, 7) is 0. The molecule has 148 valence electrons. The molecule has 0 bridgehead atoms. The number of thiocarbonyl (C=S) groups is 1. The maximum absolute atomic E-state index is 12.7. The molecule has 3 rings (SSSR count). The molecule has 0 saturated carbocycles. The standard InChI is InChI=1S/C18H13N3O6S2/c1-27-14-5-3-2-4-12(14)16(23)19-20-17(24)15(29-18(20)28)9-10-8-11(21(25)26)6-7-13(10)22/h2-9,22H,1H3,(H,19,23)/b15-9+. The first kappa shape index (κ1) is 20.3. The number of nitro groups is 1. The number of ether oxygens (including phenoxy) is 1.